The van der Waals surface area contributed by atoms with Crippen molar-refractivity contribution >= 4 is 11.5 Å². The topological polar surface area (TPSA) is 46.3 Å². The van der Waals surface area contributed by atoms with Crippen molar-refractivity contribution in [2.75, 3.05) is 19.3 Å². The molecule has 0 radical (unpaired) electrons. The number of Topliss-reactive ketones (excluding diaryl/α,β-unsaturated/α-hetero) is 1. The normalized spacial score (nSPS) is 16.7. The van der Waals surface area contributed by atoms with Crippen LogP contribution in [0.3, 0.4) is 0 Å². The van der Waals surface area contributed by atoms with Crippen molar-refractivity contribution in [3.05, 3.63) is 29.8 Å². The fourth-order valence-corrected chi connectivity index (χ4v) is 2.84. The summed E-state index contributed by atoms with van der Waals surface area (Å²) in [6.45, 7) is 0.846. The molecule has 0 amide bonds. The molecule has 2 rings (SSSR count). The van der Waals surface area contributed by atoms with Crippen molar-refractivity contribution in [3.63, 3.8) is 0 Å². The van der Waals surface area contributed by atoms with Crippen LogP contribution in [0.15, 0.2) is 24.3 Å². The minimum Gasteiger partial charge on any atom is -0.399 e. The van der Waals surface area contributed by atoms with Crippen LogP contribution in [-0.2, 0) is 0 Å². The highest BCUT2D eigenvalue weighted by molar-refractivity contribution is 5.96. The van der Waals surface area contributed by atoms with Gasteiger partial charge in [-0.3, -0.25) is 4.79 Å². The van der Waals surface area contributed by atoms with Crippen molar-refractivity contribution in [1.29, 1.82) is 0 Å². The third kappa shape index (κ3) is 4.06. The fourth-order valence-electron chi connectivity index (χ4n) is 2.84. The lowest BCUT2D eigenvalue weighted by Crippen LogP contribution is -2.34. The van der Waals surface area contributed by atoms with Gasteiger partial charge in [-0.15, -0.1) is 0 Å². The lowest BCUT2D eigenvalue weighted by molar-refractivity contribution is 0.0952. The summed E-state index contributed by atoms with van der Waals surface area (Å²) in [5, 5.41) is 0. The average Bonchev–Trinajstić information content (AvgIpc) is 2.45. The first-order valence-electron chi connectivity index (χ1n) is 7.26. The largest absolute Gasteiger partial charge is 0.399 e. The highest BCUT2D eigenvalue weighted by atomic mass is 16.1. The van der Waals surface area contributed by atoms with Crippen molar-refractivity contribution in [2.45, 2.75) is 44.6 Å². The van der Waals surface area contributed by atoms with Gasteiger partial charge in [-0.2, -0.15) is 0 Å². The molecular formula is C16H24N2O. The maximum Gasteiger partial charge on any atom is 0.164 e. The number of hydrogen-bond donors (Lipinski definition) is 1. The van der Waals surface area contributed by atoms with Crippen LogP contribution in [0.4, 0.5) is 5.69 Å². The minimum atomic E-state index is 0.190. The van der Waals surface area contributed by atoms with Gasteiger partial charge >= 0.3 is 0 Å². The number of carbonyl (C=O) groups excluding carboxylic acids is 1. The molecular weight excluding hydrogens is 236 g/mol. The molecule has 0 atom stereocenters. The first-order chi connectivity index (χ1) is 9.16. The van der Waals surface area contributed by atoms with Gasteiger partial charge in [-0.05, 0) is 32.0 Å². The average molecular weight is 260 g/mol. The molecule has 0 spiro atoms. The molecule has 3 nitrogen and oxygen atoms in total. The van der Waals surface area contributed by atoms with Crippen LogP contribution in [0.5, 0.6) is 0 Å². The Hall–Kier alpha value is -1.35. The molecule has 0 aliphatic heterocycles. The summed E-state index contributed by atoms with van der Waals surface area (Å²) in [7, 11) is 2.14. The molecule has 1 fully saturated rings. The van der Waals surface area contributed by atoms with Crippen LogP contribution in [-0.4, -0.2) is 30.3 Å². The molecule has 1 aromatic carbocycles. The maximum atomic E-state index is 12.1. The number of rotatable bonds is 5. The third-order valence-corrected chi connectivity index (χ3v) is 4.10. The second-order valence-electron chi connectivity index (χ2n) is 5.57. The maximum absolute atomic E-state index is 12.1. The van der Waals surface area contributed by atoms with Crippen LogP contribution < -0.4 is 5.73 Å². The van der Waals surface area contributed by atoms with E-state index in [2.05, 4.69) is 11.9 Å². The van der Waals surface area contributed by atoms with E-state index in [0.717, 1.165) is 12.1 Å². The van der Waals surface area contributed by atoms with Gasteiger partial charge in [0, 0.05) is 30.3 Å². The Morgan fingerprint density at radius 2 is 2.05 bits per heavy atom. The van der Waals surface area contributed by atoms with E-state index >= 15 is 0 Å². The summed E-state index contributed by atoms with van der Waals surface area (Å²) in [6, 6.07) is 7.93. The predicted molar refractivity (Wildman–Crippen MR) is 79.3 cm³/mol. The van der Waals surface area contributed by atoms with Crippen LogP contribution >= 0.6 is 0 Å². The molecule has 0 saturated heterocycles. The summed E-state index contributed by atoms with van der Waals surface area (Å²) in [5.74, 6) is 0.190. The number of nitrogen functional groups attached to an aromatic ring is 1. The van der Waals surface area contributed by atoms with Crippen LogP contribution in [0, 0.1) is 0 Å². The fraction of sp³-hybridized carbons (Fsp3) is 0.562. The number of ketones is 1. The quantitative estimate of drug-likeness (QED) is 0.653. The molecule has 0 bridgehead atoms. The summed E-state index contributed by atoms with van der Waals surface area (Å²) >= 11 is 0. The Balaban J connectivity index is 1.82. The number of anilines is 1. The summed E-state index contributed by atoms with van der Waals surface area (Å²) < 4.78 is 0. The first-order valence-corrected chi connectivity index (χ1v) is 7.26. The van der Waals surface area contributed by atoms with Gasteiger partial charge in [0.1, 0.15) is 0 Å². The zero-order valence-corrected chi connectivity index (χ0v) is 11.8. The SMILES string of the molecule is CN(CCC(=O)c1cccc(N)c1)C1CCCCC1. The van der Waals surface area contributed by atoms with Gasteiger partial charge in [0.25, 0.3) is 0 Å². The second-order valence-corrected chi connectivity index (χ2v) is 5.57. The van der Waals surface area contributed by atoms with Crippen molar-refractivity contribution in [2.24, 2.45) is 0 Å². The Morgan fingerprint density at radius 3 is 2.74 bits per heavy atom. The molecule has 1 aliphatic carbocycles. The minimum absolute atomic E-state index is 0.190. The Labute approximate surface area is 115 Å². The number of carbonyl (C=O) groups is 1. The van der Waals surface area contributed by atoms with E-state index in [0.29, 0.717) is 18.2 Å². The Morgan fingerprint density at radius 1 is 1.32 bits per heavy atom. The van der Waals surface area contributed by atoms with Crippen LogP contribution in [0.25, 0.3) is 0 Å². The zero-order chi connectivity index (χ0) is 13.7. The monoisotopic (exact) mass is 260 g/mol. The van der Waals surface area contributed by atoms with Crippen LogP contribution in [0.1, 0.15) is 48.9 Å². The standard InChI is InChI=1S/C16H24N2O/c1-18(15-8-3-2-4-9-15)11-10-16(19)13-6-5-7-14(17)12-13/h5-7,12,15H,2-4,8-11,17H2,1H3. The van der Waals surface area contributed by atoms with Gasteiger partial charge < -0.3 is 10.6 Å². The summed E-state index contributed by atoms with van der Waals surface area (Å²) in [6.07, 6.45) is 7.17. The van der Waals surface area contributed by atoms with E-state index < -0.39 is 0 Å². The van der Waals surface area contributed by atoms with E-state index in [1.807, 2.05) is 18.2 Å². The predicted octanol–water partition coefficient (Wildman–Crippen LogP) is 3.11. The van der Waals surface area contributed by atoms with Gasteiger partial charge in [-0.1, -0.05) is 31.4 Å². The molecule has 0 unspecified atom stereocenters. The number of nitrogens with two attached hydrogens (primary N) is 1. The zero-order valence-electron chi connectivity index (χ0n) is 11.8. The molecule has 3 heteroatoms. The van der Waals surface area contributed by atoms with E-state index in [-0.39, 0.29) is 5.78 Å². The smallest absolute Gasteiger partial charge is 0.164 e. The van der Waals surface area contributed by atoms with Gasteiger partial charge in [-0.25, -0.2) is 0 Å². The molecule has 1 aromatic rings. The van der Waals surface area contributed by atoms with Crippen molar-refractivity contribution in [1.82, 2.24) is 4.90 Å². The lowest BCUT2D eigenvalue weighted by atomic mass is 9.94. The second kappa shape index (κ2) is 6.71. The van der Waals surface area contributed by atoms with E-state index in [1.54, 1.807) is 6.07 Å². The molecule has 1 aliphatic rings. The molecule has 104 valence electrons. The third-order valence-electron chi connectivity index (χ3n) is 4.10. The van der Waals surface area contributed by atoms with Gasteiger partial charge in [0.15, 0.2) is 5.78 Å². The number of benzene rings is 1. The molecule has 0 aromatic heterocycles. The lowest BCUT2D eigenvalue weighted by Gasteiger charge is -2.30. The molecule has 19 heavy (non-hydrogen) atoms. The Bertz CT molecular complexity index is 425. The van der Waals surface area contributed by atoms with E-state index in [4.69, 9.17) is 5.73 Å². The highest BCUT2D eigenvalue weighted by Gasteiger charge is 2.18. The molecule has 1 saturated carbocycles. The summed E-state index contributed by atoms with van der Waals surface area (Å²) in [5.41, 5.74) is 7.10. The highest BCUT2D eigenvalue weighted by Crippen LogP contribution is 2.21. The van der Waals surface area contributed by atoms with Gasteiger partial charge in [0.2, 0.25) is 0 Å². The van der Waals surface area contributed by atoms with Crippen molar-refractivity contribution in [3.8, 4) is 0 Å². The van der Waals surface area contributed by atoms with Crippen molar-refractivity contribution < 1.29 is 4.79 Å². The number of nitrogens with zero attached hydrogens (tertiary/aromatic N) is 1. The molecule has 2 N–H and O–H groups in total. The number of hydrogen-bond acceptors (Lipinski definition) is 3. The van der Waals surface area contributed by atoms with Crippen LogP contribution in [0.2, 0.25) is 0 Å². The van der Waals surface area contributed by atoms with Gasteiger partial charge in [0.05, 0.1) is 0 Å². The van der Waals surface area contributed by atoms with E-state index in [1.165, 1.54) is 32.1 Å². The summed E-state index contributed by atoms with van der Waals surface area (Å²) in [4.78, 5) is 14.5. The first kappa shape index (κ1) is 14.1. The Kier molecular flexibility index (Phi) is 4.97. The molecule has 0 heterocycles. The van der Waals surface area contributed by atoms with E-state index in [9.17, 15) is 4.79 Å².